The summed E-state index contributed by atoms with van der Waals surface area (Å²) in [6.45, 7) is 5.87. The summed E-state index contributed by atoms with van der Waals surface area (Å²) in [6, 6.07) is 7.80. The Morgan fingerprint density at radius 1 is 1.21 bits per heavy atom. The van der Waals surface area contributed by atoms with Gasteiger partial charge in [-0.15, -0.1) is 0 Å². The van der Waals surface area contributed by atoms with Crippen molar-refractivity contribution in [2.75, 3.05) is 13.2 Å². The predicted octanol–water partition coefficient (Wildman–Crippen LogP) is 2.74. The van der Waals surface area contributed by atoms with Crippen molar-refractivity contribution in [3.8, 4) is 11.3 Å². The molecule has 1 aliphatic heterocycles. The summed E-state index contributed by atoms with van der Waals surface area (Å²) in [5.74, 6) is 0.341. The van der Waals surface area contributed by atoms with E-state index in [4.69, 9.17) is 9.26 Å². The number of ether oxygens (including phenoxy) is 1. The molecule has 3 aromatic rings. The maximum atomic E-state index is 12.4. The zero-order valence-electron chi connectivity index (χ0n) is 16.4. The third-order valence-electron chi connectivity index (χ3n) is 4.98. The molecule has 0 saturated carbocycles. The topological polar surface area (TPSA) is 82.2 Å². The van der Waals surface area contributed by atoms with Crippen LogP contribution in [0.25, 0.3) is 11.3 Å². The highest BCUT2D eigenvalue weighted by Gasteiger charge is 2.20. The van der Waals surface area contributed by atoms with Crippen LogP contribution in [0.5, 0.6) is 0 Å². The second kappa shape index (κ2) is 7.59. The van der Waals surface area contributed by atoms with Gasteiger partial charge in [0, 0.05) is 49.3 Å². The van der Waals surface area contributed by atoms with Gasteiger partial charge in [0.15, 0.2) is 11.5 Å². The Balaban J connectivity index is 1.39. The Labute approximate surface area is 163 Å². The summed E-state index contributed by atoms with van der Waals surface area (Å²) >= 11 is 0. The maximum Gasteiger partial charge on any atom is 0.273 e. The number of aromatic nitrogens is 3. The summed E-state index contributed by atoms with van der Waals surface area (Å²) in [5.41, 5.74) is 6.84. The molecule has 0 atom stereocenters. The number of aryl methyl sites for hydroxylation is 3. The van der Waals surface area contributed by atoms with Crippen LogP contribution in [0.4, 0.5) is 0 Å². The van der Waals surface area contributed by atoms with Gasteiger partial charge >= 0.3 is 0 Å². The van der Waals surface area contributed by atoms with Crippen molar-refractivity contribution in [2.24, 2.45) is 7.05 Å². The number of nitrogens with zero attached hydrogens (tertiary/aromatic N) is 3. The summed E-state index contributed by atoms with van der Waals surface area (Å²) in [4.78, 5) is 12.4. The molecule has 28 heavy (non-hydrogen) atoms. The van der Waals surface area contributed by atoms with Crippen LogP contribution in [-0.4, -0.2) is 34.0 Å². The Morgan fingerprint density at radius 2 is 2.00 bits per heavy atom. The molecule has 1 aromatic carbocycles. The molecule has 146 valence electrons. The highest BCUT2D eigenvalue weighted by molar-refractivity contribution is 5.93. The minimum Gasteiger partial charge on any atom is -0.376 e. The van der Waals surface area contributed by atoms with Crippen LogP contribution < -0.4 is 5.32 Å². The third-order valence-corrected chi connectivity index (χ3v) is 4.98. The maximum absolute atomic E-state index is 12.4. The van der Waals surface area contributed by atoms with Gasteiger partial charge < -0.3 is 14.6 Å². The Bertz CT molecular complexity index is 999. The number of carbonyl (C=O) groups excluding carboxylic acids is 1. The molecule has 0 radical (unpaired) electrons. The fraction of sp³-hybridized carbons (Fsp3) is 0.381. The van der Waals surface area contributed by atoms with Crippen LogP contribution in [0.1, 0.15) is 38.6 Å². The van der Waals surface area contributed by atoms with Crippen molar-refractivity contribution in [3.05, 3.63) is 58.0 Å². The number of nitrogens with one attached hydrogen (secondary N) is 1. The number of benzene rings is 1. The normalized spacial score (nSPS) is 13.4. The van der Waals surface area contributed by atoms with Crippen molar-refractivity contribution < 1.29 is 14.1 Å². The van der Waals surface area contributed by atoms with E-state index in [0.29, 0.717) is 25.3 Å². The lowest BCUT2D eigenvalue weighted by Crippen LogP contribution is -2.26. The average molecular weight is 380 g/mol. The fourth-order valence-corrected chi connectivity index (χ4v) is 3.71. The number of fused-ring (bicyclic) bond motifs is 1. The number of amides is 1. The predicted molar refractivity (Wildman–Crippen MR) is 104 cm³/mol. The molecule has 7 heteroatoms. The molecule has 4 rings (SSSR count). The van der Waals surface area contributed by atoms with E-state index in [1.807, 2.05) is 37.7 Å². The summed E-state index contributed by atoms with van der Waals surface area (Å²) in [5, 5.41) is 11.4. The lowest BCUT2D eigenvalue weighted by molar-refractivity contribution is 0.0945. The van der Waals surface area contributed by atoms with Crippen LogP contribution >= 0.6 is 0 Å². The Hall–Kier alpha value is -2.93. The van der Waals surface area contributed by atoms with E-state index < -0.39 is 0 Å². The minimum atomic E-state index is -0.250. The molecule has 0 aliphatic carbocycles. The van der Waals surface area contributed by atoms with Crippen molar-refractivity contribution in [1.82, 2.24) is 20.3 Å². The van der Waals surface area contributed by atoms with Gasteiger partial charge in [-0.05, 0) is 26.0 Å². The molecule has 0 fully saturated rings. The van der Waals surface area contributed by atoms with Gasteiger partial charge in [0.05, 0.1) is 18.9 Å². The average Bonchev–Trinajstić information content (AvgIpc) is 3.27. The van der Waals surface area contributed by atoms with Gasteiger partial charge in [-0.2, -0.15) is 5.10 Å². The van der Waals surface area contributed by atoms with Crippen LogP contribution in [-0.2, 0) is 31.2 Å². The molecule has 0 spiro atoms. The van der Waals surface area contributed by atoms with Crippen LogP contribution in [0, 0.1) is 13.8 Å². The molecule has 0 bridgehead atoms. The summed E-state index contributed by atoms with van der Waals surface area (Å²) in [6.07, 6.45) is 1.53. The van der Waals surface area contributed by atoms with Crippen molar-refractivity contribution in [3.63, 3.8) is 0 Å². The number of hydrogen-bond acceptors (Lipinski definition) is 5. The number of rotatable bonds is 5. The second-order valence-corrected chi connectivity index (χ2v) is 7.26. The van der Waals surface area contributed by atoms with E-state index in [9.17, 15) is 4.79 Å². The first kappa shape index (κ1) is 18.4. The highest BCUT2D eigenvalue weighted by atomic mass is 16.5. The molecular formula is C21H24N4O3. The van der Waals surface area contributed by atoms with Crippen molar-refractivity contribution >= 4 is 5.91 Å². The molecule has 7 nitrogen and oxygen atoms in total. The van der Waals surface area contributed by atoms with Gasteiger partial charge in [0.25, 0.3) is 5.91 Å². The van der Waals surface area contributed by atoms with Gasteiger partial charge in [0.1, 0.15) is 0 Å². The van der Waals surface area contributed by atoms with E-state index in [2.05, 4.69) is 21.6 Å². The van der Waals surface area contributed by atoms with E-state index in [0.717, 1.165) is 41.0 Å². The van der Waals surface area contributed by atoms with E-state index in [1.54, 1.807) is 6.07 Å². The molecule has 3 heterocycles. The first-order valence-electron chi connectivity index (χ1n) is 9.46. The number of hydrogen-bond donors (Lipinski definition) is 1. The summed E-state index contributed by atoms with van der Waals surface area (Å²) in [7, 11) is 1.95. The first-order valence-corrected chi connectivity index (χ1v) is 9.46. The van der Waals surface area contributed by atoms with Crippen molar-refractivity contribution in [2.45, 2.75) is 33.3 Å². The molecule has 1 aliphatic rings. The van der Waals surface area contributed by atoms with Crippen LogP contribution in [0.15, 0.2) is 28.8 Å². The molecular weight excluding hydrogens is 356 g/mol. The summed E-state index contributed by atoms with van der Waals surface area (Å²) < 4.78 is 12.8. The SMILES string of the molecule is Cc1cc(C)cc(-c2cc(C(=O)NCCc3nn(C)c4c3COCC4)no2)c1. The quantitative estimate of drug-likeness (QED) is 0.736. The lowest BCUT2D eigenvalue weighted by Gasteiger charge is -2.13. The van der Waals surface area contributed by atoms with E-state index in [1.165, 1.54) is 5.69 Å². The second-order valence-electron chi connectivity index (χ2n) is 7.26. The monoisotopic (exact) mass is 380 g/mol. The molecule has 2 aromatic heterocycles. The zero-order chi connectivity index (χ0) is 19.7. The largest absolute Gasteiger partial charge is 0.376 e. The van der Waals surface area contributed by atoms with E-state index in [-0.39, 0.29) is 11.6 Å². The molecule has 1 N–H and O–H groups in total. The Kier molecular flexibility index (Phi) is 5.00. The van der Waals surface area contributed by atoms with Gasteiger partial charge in [-0.3, -0.25) is 9.48 Å². The third kappa shape index (κ3) is 3.71. The van der Waals surface area contributed by atoms with Gasteiger partial charge in [0.2, 0.25) is 0 Å². The minimum absolute atomic E-state index is 0.250. The Morgan fingerprint density at radius 3 is 2.79 bits per heavy atom. The molecule has 0 unspecified atom stereocenters. The molecule has 1 amide bonds. The molecule has 0 saturated heterocycles. The van der Waals surface area contributed by atoms with Crippen LogP contribution in [0.2, 0.25) is 0 Å². The zero-order valence-corrected chi connectivity index (χ0v) is 16.4. The van der Waals surface area contributed by atoms with E-state index >= 15 is 0 Å². The fourth-order valence-electron chi connectivity index (χ4n) is 3.71. The van der Waals surface area contributed by atoms with Crippen molar-refractivity contribution in [1.29, 1.82) is 0 Å². The lowest BCUT2D eigenvalue weighted by atomic mass is 10.1. The standard InChI is InChI=1S/C21H24N4O3/c1-13-8-14(2)10-15(9-13)20-11-18(24-28-20)21(26)22-6-4-17-16-12-27-7-5-19(16)25(3)23-17/h8-11H,4-7,12H2,1-3H3,(H,22,26). The number of carbonyl (C=O) groups is 1. The van der Waals surface area contributed by atoms with Crippen LogP contribution in [0.3, 0.4) is 0 Å². The van der Waals surface area contributed by atoms with Gasteiger partial charge in [-0.1, -0.05) is 22.3 Å². The first-order chi connectivity index (χ1) is 13.5. The smallest absolute Gasteiger partial charge is 0.273 e. The highest BCUT2D eigenvalue weighted by Crippen LogP contribution is 2.23. The van der Waals surface area contributed by atoms with Gasteiger partial charge in [-0.25, -0.2) is 0 Å².